The van der Waals surface area contributed by atoms with E-state index in [0.717, 1.165) is 11.3 Å². The highest BCUT2D eigenvalue weighted by molar-refractivity contribution is 5.87. The summed E-state index contributed by atoms with van der Waals surface area (Å²) in [6, 6.07) is 14.0. The van der Waals surface area contributed by atoms with Crippen molar-refractivity contribution in [2.45, 2.75) is 45.8 Å². The van der Waals surface area contributed by atoms with Crippen molar-refractivity contribution in [3.63, 3.8) is 0 Å². The van der Waals surface area contributed by atoms with Gasteiger partial charge in [0, 0.05) is 12.1 Å². The zero-order chi connectivity index (χ0) is 17.7. The third kappa shape index (κ3) is 4.34. The fraction of sp³-hybridized carbons (Fsp3) is 0.350. The molecule has 128 valence electrons. The molecule has 0 unspecified atom stereocenters. The van der Waals surface area contributed by atoms with Crippen molar-refractivity contribution in [1.82, 2.24) is 5.32 Å². The van der Waals surface area contributed by atoms with Crippen LogP contribution in [0.1, 0.15) is 38.8 Å². The van der Waals surface area contributed by atoms with E-state index in [9.17, 15) is 9.18 Å². The lowest BCUT2D eigenvalue weighted by Crippen LogP contribution is -2.40. The number of hydrogen-bond acceptors (Lipinski definition) is 2. The Bertz CT molecular complexity index is 710. The van der Waals surface area contributed by atoms with Gasteiger partial charge in [-0.15, -0.1) is 0 Å². The van der Waals surface area contributed by atoms with Crippen LogP contribution in [0.2, 0.25) is 0 Å². The van der Waals surface area contributed by atoms with Gasteiger partial charge < -0.3 is 10.1 Å². The Morgan fingerprint density at radius 3 is 2.54 bits per heavy atom. The van der Waals surface area contributed by atoms with Gasteiger partial charge in [-0.2, -0.15) is 0 Å². The van der Waals surface area contributed by atoms with E-state index in [1.54, 1.807) is 32.0 Å². The Morgan fingerprint density at radius 1 is 1.17 bits per heavy atom. The van der Waals surface area contributed by atoms with Gasteiger partial charge in [-0.3, -0.25) is 4.79 Å². The molecule has 0 spiro atoms. The minimum absolute atomic E-state index is 0.0924. The second-order valence-electron chi connectivity index (χ2n) is 6.60. The first kappa shape index (κ1) is 18.0. The summed E-state index contributed by atoms with van der Waals surface area (Å²) in [5.74, 6) is 0.179. The van der Waals surface area contributed by atoms with Gasteiger partial charge in [-0.25, -0.2) is 4.39 Å². The standard InChI is InChI=1S/C20H24FNO2/c1-14(2)24-16-9-7-8-15(12-16)13-22-19(23)20(3,4)17-10-5-6-11-18(17)21/h5-12,14H,13H2,1-4H3,(H,22,23). The molecule has 0 saturated carbocycles. The van der Waals surface area contributed by atoms with Crippen LogP contribution in [-0.2, 0) is 16.8 Å². The van der Waals surface area contributed by atoms with Gasteiger partial charge >= 0.3 is 0 Å². The summed E-state index contributed by atoms with van der Waals surface area (Å²) >= 11 is 0. The Morgan fingerprint density at radius 2 is 1.88 bits per heavy atom. The van der Waals surface area contributed by atoms with Crippen LogP contribution in [-0.4, -0.2) is 12.0 Å². The molecule has 2 rings (SSSR count). The maximum Gasteiger partial charge on any atom is 0.230 e. The number of carbonyl (C=O) groups excluding carboxylic acids is 1. The summed E-state index contributed by atoms with van der Waals surface area (Å²) < 4.78 is 19.6. The van der Waals surface area contributed by atoms with E-state index in [1.807, 2.05) is 38.1 Å². The maximum absolute atomic E-state index is 14.0. The second-order valence-corrected chi connectivity index (χ2v) is 6.60. The van der Waals surface area contributed by atoms with E-state index in [1.165, 1.54) is 6.07 Å². The van der Waals surface area contributed by atoms with Crippen molar-refractivity contribution < 1.29 is 13.9 Å². The van der Waals surface area contributed by atoms with Crippen molar-refractivity contribution in [3.8, 4) is 5.75 Å². The number of halogens is 1. The highest BCUT2D eigenvalue weighted by Crippen LogP contribution is 2.26. The molecule has 0 heterocycles. The van der Waals surface area contributed by atoms with Gasteiger partial charge in [0.25, 0.3) is 0 Å². The van der Waals surface area contributed by atoms with E-state index < -0.39 is 5.41 Å². The second kappa shape index (κ2) is 7.47. The molecule has 0 atom stereocenters. The van der Waals surface area contributed by atoms with E-state index >= 15 is 0 Å². The zero-order valence-corrected chi connectivity index (χ0v) is 14.6. The van der Waals surface area contributed by atoms with Gasteiger partial charge in [0.05, 0.1) is 11.5 Å². The number of hydrogen-bond donors (Lipinski definition) is 1. The molecule has 0 aliphatic rings. The van der Waals surface area contributed by atoms with Crippen LogP contribution in [0.4, 0.5) is 4.39 Å². The molecule has 0 aromatic heterocycles. The van der Waals surface area contributed by atoms with Crippen LogP contribution in [0.25, 0.3) is 0 Å². The van der Waals surface area contributed by atoms with Gasteiger partial charge in [0.1, 0.15) is 11.6 Å². The van der Waals surface area contributed by atoms with Gasteiger partial charge in [-0.1, -0.05) is 30.3 Å². The topological polar surface area (TPSA) is 38.3 Å². The van der Waals surface area contributed by atoms with Gasteiger partial charge in [0.2, 0.25) is 5.91 Å². The lowest BCUT2D eigenvalue weighted by atomic mass is 9.83. The molecule has 0 fully saturated rings. The number of nitrogens with one attached hydrogen (secondary N) is 1. The first-order valence-electron chi connectivity index (χ1n) is 8.09. The van der Waals surface area contributed by atoms with Crippen LogP contribution in [0.5, 0.6) is 5.75 Å². The highest BCUT2D eigenvalue weighted by atomic mass is 19.1. The molecule has 2 aromatic carbocycles. The number of ether oxygens (including phenoxy) is 1. The minimum atomic E-state index is -0.947. The molecule has 0 saturated heterocycles. The van der Waals surface area contributed by atoms with Crippen molar-refractivity contribution in [2.24, 2.45) is 0 Å². The summed E-state index contributed by atoms with van der Waals surface area (Å²) in [7, 11) is 0. The molecule has 1 N–H and O–H groups in total. The van der Waals surface area contributed by atoms with E-state index in [0.29, 0.717) is 12.1 Å². The third-order valence-corrected chi connectivity index (χ3v) is 3.84. The predicted octanol–water partition coefficient (Wildman–Crippen LogP) is 4.21. The Balaban J connectivity index is 2.06. The average Bonchev–Trinajstić information content (AvgIpc) is 2.52. The first-order valence-corrected chi connectivity index (χ1v) is 8.09. The summed E-state index contributed by atoms with van der Waals surface area (Å²) in [6.07, 6.45) is 0.0924. The molecule has 0 aliphatic carbocycles. The fourth-order valence-corrected chi connectivity index (χ4v) is 2.49. The van der Waals surface area contributed by atoms with Crippen LogP contribution < -0.4 is 10.1 Å². The van der Waals surface area contributed by atoms with Crippen LogP contribution >= 0.6 is 0 Å². The molecule has 3 nitrogen and oxygen atoms in total. The first-order chi connectivity index (χ1) is 11.3. The Labute approximate surface area is 142 Å². The van der Waals surface area contributed by atoms with Crippen molar-refractivity contribution in [2.75, 3.05) is 0 Å². The van der Waals surface area contributed by atoms with Crippen LogP contribution in [0, 0.1) is 5.82 Å². The van der Waals surface area contributed by atoms with Gasteiger partial charge in [-0.05, 0) is 51.5 Å². The van der Waals surface area contributed by atoms with Crippen LogP contribution in [0.3, 0.4) is 0 Å². The lowest BCUT2D eigenvalue weighted by molar-refractivity contribution is -0.125. The zero-order valence-electron chi connectivity index (χ0n) is 14.6. The van der Waals surface area contributed by atoms with Crippen LogP contribution in [0.15, 0.2) is 48.5 Å². The van der Waals surface area contributed by atoms with Crippen molar-refractivity contribution >= 4 is 5.91 Å². The Kier molecular flexibility index (Phi) is 5.60. The van der Waals surface area contributed by atoms with E-state index in [4.69, 9.17) is 4.74 Å². The molecule has 0 aliphatic heterocycles. The fourth-order valence-electron chi connectivity index (χ4n) is 2.49. The normalized spacial score (nSPS) is 11.4. The number of carbonyl (C=O) groups is 1. The number of amides is 1. The molecule has 4 heteroatoms. The SMILES string of the molecule is CC(C)Oc1cccc(CNC(=O)C(C)(C)c2ccccc2F)c1. The quantitative estimate of drug-likeness (QED) is 0.862. The average molecular weight is 329 g/mol. The molecule has 2 aromatic rings. The smallest absolute Gasteiger partial charge is 0.230 e. The van der Waals surface area contributed by atoms with Crippen molar-refractivity contribution in [1.29, 1.82) is 0 Å². The van der Waals surface area contributed by atoms with E-state index in [-0.39, 0.29) is 17.8 Å². The molecule has 0 bridgehead atoms. The monoisotopic (exact) mass is 329 g/mol. The Hall–Kier alpha value is -2.36. The summed E-state index contributed by atoms with van der Waals surface area (Å²) in [5, 5.41) is 2.88. The summed E-state index contributed by atoms with van der Waals surface area (Å²) in [6.45, 7) is 7.74. The van der Waals surface area contributed by atoms with Gasteiger partial charge in [0.15, 0.2) is 0 Å². The molecular formula is C20H24FNO2. The molecule has 24 heavy (non-hydrogen) atoms. The highest BCUT2D eigenvalue weighted by Gasteiger charge is 2.31. The summed E-state index contributed by atoms with van der Waals surface area (Å²) in [4.78, 5) is 12.5. The largest absolute Gasteiger partial charge is 0.491 e. The van der Waals surface area contributed by atoms with E-state index in [2.05, 4.69) is 5.32 Å². The number of rotatable bonds is 6. The number of benzene rings is 2. The molecular weight excluding hydrogens is 305 g/mol. The maximum atomic E-state index is 14.0. The molecule has 0 radical (unpaired) electrons. The van der Waals surface area contributed by atoms with Crippen molar-refractivity contribution in [3.05, 3.63) is 65.5 Å². The lowest BCUT2D eigenvalue weighted by Gasteiger charge is -2.24. The molecule has 1 amide bonds. The summed E-state index contributed by atoms with van der Waals surface area (Å²) in [5.41, 5.74) is 0.377. The third-order valence-electron chi connectivity index (χ3n) is 3.84. The predicted molar refractivity (Wildman–Crippen MR) is 93.5 cm³/mol. The minimum Gasteiger partial charge on any atom is -0.491 e.